The number of hydrogen-bond donors (Lipinski definition) is 1. The summed E-state index contributed by atoms with van der Waals surface area (Å²) < 4.78 is -3.04. The van der Waals surface area contributed by atoms with E-state index >= 15 is 0 Å². The van der Waals surface area contributed by atoms with Crippen LogP contribution >= 0.6 is 26.3 Å². The minimum absolute atomic E-state index is 0.427. The molecular formula is C22H24IOP. The fourth-order valence-electron chi connectivity index (χ4n) is 3.62. The van der Waals surface area contributed by atoms with Crippen molar-refractivity contribution in [3.8, 4) is 0 Å². The molecule has 0 heterocycles. The summed E-state index contributed by atoms with van der Waals surface area (Å²) in [6, 6.07) is 31.7. The Morgan fingerprint density at radius 1 is 0.720 bits per heavy atom. The van der Waals surface area contributed by atoms with Gasteiger partial charge in [0.2, 0.25) is 0 Å². The second kappa shape index (κ2) is 7.57. The Balaban J connectivity index is 2.45. The quantitative estimate of drug-likeness (QED) is 0.405. The predicted molar refractivity (Wildman–Crippen MR) is 120 cm³/mol. The van der Waals surface area contributed by atoms with Crippen LogP contribution in [0.5, 0.6) is 0 Å². The summed E-state index contributed by atoms with van der Waals surface area (Å²) in [5.41, 5.74) is 0. The molecule has 0 saturated carbocycles. The second-order valence-corrected chi connectivity index (χ2v) is 16.7. The summed E-state index contributed by atoms with van der Waals surface area (Å²) in [5.74, 6) is -0.427. The van der Waals surface area contributed by atoms with Gasteiger partial charge < -0.3 is 0 Å². The molecule has 1 atom stereocenters. The van der Waals surface area contributed by atoms with Gasteiger partial charge in [0.1, 0.15) is 0 Å². The van der Waals surface area contributed by atoms with Gasteiger partial charge in [-0.3, -0.25) is 0 Å². The fraction of sp³-hybridized carbons (Fsp3) is 0.182. The van der Waals surface area contributed by atoms with Gasteiger partial charge in [0.05, 0.1) is 0 Å². The molecule has 3 aromatic carbocycles. The molecule has 3 rings (SSSR count). The van der Waals surface area contributed by atoms with Gasteiger partial charge in [0.25, 0.3) is 0 Å². The van der Waals surface area contributed by atoms with Crippen LogP contribution in [0.25, 0.3) is 0 Å². The van der Waals surface area contributed by atoms with Crippen molar-refractivity contribution in [2.75, 3.05) is 0 Å². The average Bonchev–Trinajstić information content (AvgIpc) is 2.69. The molecule has 0 aromatic heterocycles. The van der Waals surface area contributed by atoms with E-state index < -0.39 is 10.1 Å². The summed E-state index contributed by atoms with van der Waals surface area (Å²) in [6.45, 7) is 2.14. The molecule has 0 bridgehead atoms. The Bertz CT molecular complexity index is 706. The first-order valence-corrected chi connectivity index (χ1v) is 13.8. The van der Waals surface area contributed by atoms with Gasteiger partial charge in [-0.2, -0.15) is 0 Å². The average molecular weight is 462 g/mol. The predicted octanol–water partition coefficient (Wildman–Crippen LogP) is 4.98. The van der Waals surface area contributed by atoms with Crippen molar-refractivity contribution in [1.29, 1.82) is 0 Å². The number of halogens is 1. The molecule has 0 aliphatic rings. The normalized spacial score (nSPS) is 14.4. The molecule has 1 N–H and O–H groups in total. The number of benzene rings is 3. The van der Waals surface area contributed by atoms with E-state index in [1.54, 1.807) is 0 Å². The second-order valence-electron chi connectivity index (χ2n) is 6.35. The van der Waals surface area contributed by atoms with Crippen LogP contribution in [0.4, 0.5) is 0 Å². The molecule has 0 aliphatic carbocycles. The number of hydrogen-bond acceptors (Lipinski definition) is 1. The zero-order valence-corrected chi connectivity index (χ0v) is 17.5. The Morgan fingerprint density at radius 2 is 1.04 bits per heavy atom. The zero-order valence-electron chi connectivity index (χ0n) is 14.4. The zero-order chi connectivity index (χ0) is 17.8. The van der Waals surface area contributed by atoms with E-state index in [0.29, 0.717) is 0 Å². The molecule has 0 aliphatic heterocycles. The van der Waals surface area contributed by atoms with E-state index in [4.69, 9.17) is 0 Å². The number of aliphatic hydroxyl groups excluding tert-OH is 1. The topological polar surface area (TPSA) is 20.2 Å². The molecule has 25 heavy (non-hydrogen) atoms. The third-order valence-corrected chi connectivity index (χ3v) is 17.1. The van der Waals surface area contributed by atoms with Crippen molar-refractivity contribution in [2.24, 2.45) is 0 Å². The van der Waals surface area contributed by atoms with Gasteiger partial charge in [-0.1, -0.05) is 0 Å². The summed E-state index contributed by atoms with van der Waals surface area (Å²) in [4.78, 5) is 0. The summed E-state index contributed by atoms with van der Waals surface area (Å²) in [5, 5.41) is 15.3. The van der Waals surface area contributed by atoms with E-state index in [0.717, 1.165) is 12.8 Å². The third-order valence-electron chi connectivity index (χ3n) is 4.89. The summed E-state index contributed by atoms with van der Waals surface area (Å²) in [6.07, 6.45) is 1.73. The van der Waals surface area contributed by atoms with Crippen LogP contribution in [-0.2, 0) is 0 Å². The fourth-order valence-corrected chi connectivity index (χ4v) is 12.3. The monoisotopic (exact) mass is 462 g/mol. The SMILES string of the molecule is CCC[C@H](O)P(I)(c1ccccc1)(c1ccccc1)c1ccccc1. The molecule has 0 spiro atoms. The van der Waals surface area contributed by atoms with Gasteiger partial charge in [-0.05, 0) is 0 Å². The number of aliphatic hydroxyl groups is 1. The van der Waals surface area contributed by atoms with E-state index in [9.17, 15) is 5.11 Å². The summed E-state index contributed by atoms with van der Waals surface area (Å²) in [7, 11) is 0. The standard InChI is InChI=1S/C22H24IOP/c1-2-12-22(24)25(23,19-13-6-3-7-14-19,20-15-8-4-9-16-20)21-17-10-5-11-18-21/h3-11,13-18,22,24H,2,12H2,1H3/t22-/m1/s1. The Hall–Kier alpha value is -1.22. The Labute approximate surface area is 163 Å². The van der Waals surface area contributed by atoms with Crippen molar-refractivity contribution in [1.82, 2.24) is 0 Å². The van der Waals surface area contributed by atoms with Gasteiger partial charge in [-0.15, -0.1) is 0 Å². The van der Waals surface area contributed by atoms with Crippen molar-refractivity contribution in [2.45, 2.75) is 25.6 Å². The Kier molecular flexibility index (Phi) is 5.62. The van der Waals surface area contributed by atoms with Crippen molar-refractivity contribution in [3.05, 3.63) is 91.0 Å². The maximum absolute atomic E-state index is 11.6. The molecule has 0 amide bonds. The van der Waals surface area contributed by atoms with Crippen LogP contribution in [0.2, 0.25) is 0 Å². The molecule has 3 aromatic rings. The van der Waals surface area contributed by atoms with Gasteiger partial charge in [0, 0.05) is 0 Å². The van der Waals surface area contributed by atoms with E-state index in [1.807, 2.05) is 18.2 Å². The van der Waals surface area contributed by atoms with Crippen LogP contribution in [0.3, 0.4) is 0 Å². The summed E-state index contributed by atoms with van der Waals surface area (Å²) >= 11 is 2.64. The first-order chi connectivity index (χ1) is 12.1. The first kappa shape index (κ1) is 18.6. The minimum atomic E-state index is -3.04. The van der Waals surface area contributed by atoms with E-state index in [2.05, 4.69) is 102 Å². The van der Waals surface area contributed by atoms with Crippen LogP contribution in [-0.4, -0.2) is 11.0 Å². The molecule has 0 radical (unpaired) electrons. The Morgan fingerprint density at radius 3 is 1.32 bits per heavy atom. The molecule has 1 nitrogen and oxygen atoms in total. The van der Waals surface area contributed by atoms with Crippen LogP contribution in [0.15, 0.2) is 91.0 Å². The van der Waals surface area contributed by atoms with Crippen LogP contribution in [0, 0.1) is 0 Å². The van der Waals surface area contributed by atoms with Crippen LogP contribution in [0.1, 0.15) is 19.8 Å². The maximum atomic E-state index is 11.6. The van der Waals surface area contributed by atoms with E-state index in [1.165, 1.54) is 15.9 Å². The van der Waals surface area contributed by atoms with Gasteiger partial charge >= 0.3 is 164 Å². The van der Waals surface area contributed by atoms with Crippen molar-refractivity contribution >= 4 is 42.2 Å². The molecule has 3 heteroatoms. The molecule has 130 valence electrons. The van der Waals surface area contributed by atoms with Crippen molar-refractivity contribution in [3.63, 3.8) is 0 Å². The van der Waals surface area contributed by atoms with E-state index in [-0.39, 0.29) is 0 Å². The third kappa shape index (κ3) is 2.95. The van der Waals surface area contributed by atoms with Crippen LogP contribution < -0.4 is 15.9 Å². The molecule has 0 saturated heterocycles. The molecule has 0 unspecified atom stereocenters. The molecule has 0 fully saturated rings. The number of rotatable bonds is 6. The van der Waals surface area contributed by atoms with Gasteiger partial charge in [-0.25, -0.2) is 0 Å². The van der Waals surface area contributed by atoms with Crippen molar-refractivity contribution < 1.29 is 5.11 Å². The molecular weight excluding hydrogens is 438 g/mol. The first-order valence-electron chi connectivity index (χ1n) is 8.70. The van der Waals surface area contributed by atoms with Gasteiger partial charge in [0.15, 0.2) is 0 Å².